The van der Waals surface area contributed by atoms with Crippen LogP contribution >= 0.6 is 0 Å². The molecule has 4 N–H and O–H groups in total. The van der Waals surface area contributed by atoms with E-state index in [1.165, 1.54) is 18.3 Å². The maximum Gasteiger partial charge on any atom is 0.416 e. The topological polar surface area (TPSA) is 114 Å². The first-order valence-electron chi connectivity index (χ1n) is 12.7. The fourth-order valence-corrected chi connectivity index (χ4v) is 4.47. The van der Waals surface area contributed by atoms with E-state index < -0.39 is 35.5 Å². The smallest absolute Gasteiger partial charge is 0.368 e. The summed E-state index contributed by atoms with van der Waals surface area (Å²) in [6.45, 7) is 0. The molecule has 1 aromatic heterocycles. The number of aromatic nitrogens is 1. The molecule has 0 saturated heterocycles. The molecule has 7 nitrogen and oxygen atoms in total. The number of rotatable bonds is 7. The van der Waals surface area contributed by atoms with Crippen LogP contribution in [0.5, 0.6) is 0 Å². The molecule has 0 bridgehead atoms. The van der Waals surface area contributed by atoms with Crippen molar-refractivity contribution in [3.63, 3.8) is 0 Å². The number of anilines is 1. The molecular formula is C32H23F3N4O3. The lowest BCUT2D eigenvalue weighted by molar-refractivity contribution is -0.137. The Bertz CT molecular complexity index is 1790. The number of hydrogen-bond donors (Lipinski definition) is 3. The second-order valence-corrected chi connectivity index (χ2v) is 9.43. The van der Waals surface area contributed by atoms with Crippen LogP contribution in [-0.2, 0) is 11.0 Å². The van der Waals surface area contributed by atoms with Crippen LogP contribution in [0.4, 0.5) is 18.9 Å². The number of fused-ring (bicyclic) bond motifs is 1. The molecular weight excluding hydrogens is 545 g/mol. The first-order valence-corrected chi connectivity index (χ1v) is 12.7. The van der Waals surface area contributed by atoms with Crippen molar-refractivity contribution < 1.29 is 27.6 Å². The molecule has 5 rings (SSSR count). The number of primary amides is 1. The van der Waals surface area contributed by atoms with Gasteiger partial charge >= 0.3 is 6.18 Å². The molecule has 0 radical (unpaired) electrons. The van der Waals surface area contributed by atoms with Crippen molar-refractivity contribution in [2.75, 3.05) is 5.32 Å². The molecule has 210 valence electrons. The first-order chi connectivity index (χ1) is 20.1. The van der Waals surface area contributed by atoms with Crippen molar-refractivity contribution in [1.29, 1.82) is 0 Å². The van der Waals surface area contributed by atoms with Crippen LogP contribution in [0.15, 0.2) is 109 Å². The van der Waals surface area contributed by atoms with Gasteiger partial charge < -0.3 is 16.4 Å². The Morgan fingerprint density at radius 1 is 0.786 bits per heavy atom. The van der Waals surface area contributed by atoms with Gasteiger partial charge in [0.05, 0.1) is 16.6 Å². The van der Waals surface area contributed by atoms with E-state index in [1.54, 1.807) is 78.9 Å². The molecule has 0 spiro atoms. The standard InChI is InChI=1S/C32H23F3N4O3/c33-32(34,35)23-13-10-19(11-14-23)25-8-4-5-9-26(25)31(42)38-24-15-12-21-16-22(18-37-27(21)17-24)30(41)39-28(29(36)40)20-6-2-1-3-7-20/h1-18,28H,(H2,36,40)(H,38,42)(H,39,41). The molecule has 5 aromatic rings. The molecule has 42 heavy (non-hydrogen) atoms. The molecule has 0 aliphatic rings. The number of nitrogens with one attached hydrogen (secondary N) is 2. The van der Waals surface area contributed by atoms with E-state index in [2.05, 4.69) is 15.6 Å². The molecule has 1 atom stereocenters. The monoisotopic (exact) mass is 568 g/mol. The number of pyridine rings is 1. The summed E-state index contributed by atoms with van der Waals surface area (Å²) in [7, 11) is 0. The number of carbonyl (C=O) groups excluding carboxylic acids is 3. The molecule has 0 aliphatic heterocycles. The van der Waals surface area contributed by atoms with Gasteiger partial charge in [-0.15, -0.1) is 0 Å². The zero-order valence-corrected chi connectivity index (χ0v) is 21.9. The summed E-state index contributed by atoms with van der Waals surface area (Å²) in [6.07, 6.45) is -3.11. The van der Waals surface area contributed by atoms with Crippen LogP contribution in [0.25, 0.3) is 22.0 Å². The predicted octanol–water partition coefficient (Wildman–Crippen LogP) is 6.13. The lowest BCUT2D eigenvalue weighted by atomic mass is 9.98. The highest BCUT2D eigenvalue weighted by molar-refractivity contribution is 6.09. The molecule has 0 fully saturated rings. The van der Waals surface area contributed by atoms with Gasteiger partial charge in [0.15, 0.2) is 0 Å². The van der Waals surface area contributed by atoms with Crippen LogP contribution in [0.1, 0.15) is 37.9 Å². The van der Waals surface area contributed by atoms with Gasteiger partial charge in [0, 0.05) is 22.8 Å². The summed E-state index contributed by atoms with van der Waals surface area (Å²) in [6, 6.07) is 25.4. The Kier molecular flexibility index (Phi) is 7.70. The number of halogens is 3. The molecule has 10 heteroatoms. The van der Waals surface area contributed by atoms with Gasteiger partial charge in [0.25, 0.3) is 11.8 Å². The van der Waals surface area contributed by atoms with Gasteiger partial charge in [-0.2, -0.15) is 13.2 Å². The number of benzene rings is 4. The Morgan fingerprint density at radius 2 is 1.48 bits per heavy atom. The minimum absolute atomic E-state index is 0.215. The SMILES string of the molecule is NC(=O)C(NC(=O)c1cnc2cc(NC(=O)c3ccccc3-c3ccc(C(F)(F)F)cc3)ccc2c1)c1ccccc1. The second-order valence-electron chi connectivity index (χ2n) is 9.43. The van der Waals surface area contributed by atoms with Gasteiger partial charge in [-0.1, -0.05) is 66.7 Å². The second kappa shape index (κ2) is 11.5. The number of nitrogens with two attached hydrogens (primary N) is 1. The van der Waals surface area contributed by atoms with E-state index in [0.717, 1.165) is 12.1 Å². The zero-order chi connectivity index (χ0) is 29.9. The normalized spacial score (nSPS) is 12.0. The van der Waals surface area contributed by atoms with E-state index in [1.807, 2.05) is 0 Å². The summed E-state index contributed by atoms with van der Waals surface area (Å²) < 4.78 is 38.9. The molecule has 1 heterocycles. The summed E-state index contributed by atoms with van der Waals surface area (Å²) in [5, 5.41) is 6.05. The van der Waals surface area contributed by atoms with Crippen LogP contribution < -0.4 is 16.4 Å². The third-order valence-electron chi connectivity index (χ3n) is 6.59. The summed E-state index contributed by atoms with van der Waals surface area (Å²) in [4.78, 5) is 42.4. The van der Waals surface area contributed by atoms with Crippen LogP contribution in [0, 0.1) is 0 Å². The highest BCUT2D eigenvalue weighted by atomic mass is 19.4. The summed E-state index contributed by atoms with van der Waals surface area (Å²) in [5.41, 5.74) is 7.63. The van der Waals surface area contributed by atoms with Gasteiger partial charge in [-0.05, 0) is 53.1 Å². The van der Waals surface area contributed by atoms with Crippen LogP contribution in [-0.4, -0.2) is 22.7 Å². The fraction of sp³-hybridized carbons (Fsp3) is 0.0625. The average Bonchev–Trinajstić information content (AvgIpc) is 2.99. The minimum atomic E-state index is -4.46. The van der Waals surface area contributed by atoms with E-state index in [-0.39, 0.29) is 11.1 Å². The highest BCUT2D eigenvalue weighted by Gasteiger charge is 2.30. The van der Waals surface area contributed by atoms with E-state index in [9.17, 15) is 27.6 Å². The Hall–Kier alpha value is -5.51. The van der Waals surface area contributed by atoms with Gasteiger partial charge in [-0.3, -0.25) is 19.4 Å². The van der Waals surface area contributed by atoms with Crippen molar-refractivity contribution in [3.8, 4) is 11.1 Å². The molecule has 4 aromatic carbocycles. The third kappa shape index (κ3) is 6.12. The molecule has 3 amide bonds. The number of nitrogens with zero attached hydrogens (tertiary/aromatic N) is 1. The maximum atomic E-state index is 13.2. The summed E-state index contributed by atoms with van der Waals surface area (Å²) >= 11 is 0. The Morgan fingerprint density at radius 3 is 2.17 bits per heavy atom. The highest BCUT2D eigenvalue weighted by Crippen LogP contribution is 2.32. The van der Waals surface area contributed by atoms with Gasteiger partial charge in [0.1, 0.15) is 6.04 Å². The average molecular weight is 569 g/mol. The number of carbonyl (C=O) groups is 3. The Labute approximate surface area is 238 Å². The maximum absolute atomic E-state index is 13.2. The quantitative estimate of drug-likeness (QED) is 0.219. The van der Waals surface area contributed by atoms with Crippen molar-refractivity contribution in [2.45, 2.75) is 12.2 Å². The number of hydrogen-bond acceptors (Lipinski definition) is 4. The predicted molar refractivity (Wildman–Crippen MR) is 152 cm³/mol. The fourth-order valence-electron chi connectivity index (χ4n) is 4.47. The van der Waals surface area contributed by atoms with Gasteiger partial charge in [-0.25, -0.2) is 0 Å². The van der Waals surface area contributed by atoms with Crippen molar-refractivity contribution in [2.24, 2.45) is 5.73 Å². The third-order valence-corrected chi connectivity index (χ3v) is 6.59. The van der Waals surface area contributed by atoms with Gasteiger partial charge in [0.2, 0.25) is 5.91 Å². The lowest BCUT2D eigenvalue weighted by Crippen LogP contribution is -2.37. The lowest BCUT2D eigenvalue weighted by Gasteiger charge is -2.16. The minimum Gasteiger partial charge on any atom is -0.368 e. The molecule has 0 saturated carbocycles. The van der Waals surface area contributed by atoms with E-state index >= 15 is 0 Å². The van der Waals surface area contributed by atoms with Crippen molar-refractivity contribution in [3.05, 3.63) is 132 Å². The van der Waals surface area contributed by atoms with Crippen molar-refractivity contribution in [1.82, 2.24) is 10.3 Å². The number of alkyl halides is 3. The van der Waals surface area contributed by atoms with Crippen LogP contribution in [0.3, 0.4) is 0 Å². The van der Waals surface area contributed by atoms with E-state index in [0.29, 0.717) is 33.3 Å². The summed E-state index contributed by atoms with van der Waals surface area (Å²) in [5.74, 6) is -1.70. The first kappa shape index (κ1) is 28.0. The number of amides is 3. The van der Waals surface area contributed by atoms with Crippen LogP contribution in [0.2, 0.25) is 0 Å². The zero-order valence-electron chi connectivity index (χ0n) is 21.9. The van der Waals surface area contributed by atoms with Crippen molar-refractivity contribution >= 4 is 34.3 Å². The molecule has 1 unspecified atom stereocenters. The largest absolute Gasteiger partial charge is 0.416 e. The Balaban J connectivity index is 1.33. The van der Waals surface area contributed by atoms with E-state index in [4.69, 9.17) is 5.73 Å². The molecule has 0 aliphatic carbocycles.